The summed E-state index contributed by atoms with van der Waals surface area (Å²) < 4.78 is 0. The second-order valence-electron chi connectivity index (χ2n) is 6.51. The van der Waals surface area contributed by atoms with Crippen LogP contribution in [0.3, 0.4) is 0 Å². The van der Waals surface area contributed by atoms with Gasteiger partial charge in [0.15, 0.2) is 0 Å². The zero-order valence-corrected chi connectivity index (χ0v) is 17.3. The van der Waals surface area contributed by atoms with Crippen molar-refractivity contribution in [1.82, 2.24) is 15.1 Å². The quantitative estimate of drug-likeness (QED) is 0.695. The average Bonchev–Trinajstić information content (AvgIpc) is 2.92. The number of carbonyl (C=O) groups excluding carboxylic acids is 2. The van der Waals surface area contributed by atoms with E-state index < -0.39 is 0 Å². The summed E-state index contributed by atoms with van der Waals surface area (Å²) in [5.74, 6) is -0.272. The third kappa shape index (κ3) is 7.50. The Morgan fingerprint density at radius 2 is 2.04 bits per heavy atom. The van der Waals surface area contributed by atoms with Crippen LogP contribution in [0.1, 0.15) is 18.9 Å². The number of nitrogens with zero attached hydrogens (tertiary/aromatic N) is 2. The summed E-state index contributed by atoms with van der Waals surface area (Å²) in [5.41, 5.74) is 1.92. The molecule has 148 valence electrons. The van der Waals surface area contributed by atoms with Crippen molar-refractivity contribution in [3.8, 4) is 0 Å². The van der Waals surface area contributed by atoms with Gasteiger partial charge in [-0.3, -0.25) is 9.59 Å². The summed E-state index contributed by atoms with van der Waals surface area (Å²) in [4.78, 5) is 28.3. The molecule has 1 aromatic carbocycles. The molecule has 0 saturated carbocycles. The molecule has 0 aliphatic carbocycles. The molecule has 1 saturated heterocycles. The molecule has 1 heterocycles. The Hall–Kier alpha value is -1.34. The fourth-order valence-electron chi connectivity index (χ4n) is 2.76. The highest BCUT2D eigenvalue weighted by molar-refractivity contribution is 5.97. The van der Waals surface area contributed by atoms with Crippen LogP contribution in [0.15, 0.2) is 24.3 Å². The van der Waals surface area contributed by atoms with E-state index >= 15 is 0 Å². The number of likely N-dealkylation sites (N-methyl/N-ethyl adjacent to an activating group) is 1. The molecule has 2 amide bonds. The van der Waals surface area contributed by atoms with E-state index in [2.05, 4.69) is 17.6 Å². The first-order chi connectivity index (χ1) is 11.5. The molecule has 1 aromatic rings. The molecule has 2 N–H and O–H groups in total. The van der Waals surface area contributed by atoms with E-state index in [1.165, 1.54) is 0 Å². The highest BCUT2D eigenvalue weighted by Crippen LogP contribution is 2.20. The number of benzene rings is 1. The lowest BCUT2D eigenvalue weighted by Crippen LogP contribution is -2.34. The van der Waals surface area contributed by atoms with Crippen molar-refractivity contribution in [2.75, 3.05) is 45.6 Å². The van der Waals surface area contributed by atoms with Gasteiger partial charge in [0, 0.05) is 38.3 Å². The summed E-state index contributed by atoms with van der Waals surface area (Å²) in [6.07, 6.45) is 0.302. The molecular weight excluding hydrogens is 375 g/mol. The minimum atomic E-state index is -0.267. The Bertz CT molecular complexity index is 584. The Balaban J connectivity index is 0.00000312. The fraction of sp³-hybridized carbons (Fsp3) is 0.556. The fourth-order valence-corrected chi connectivity index (χ4v) is 2.76. The number of rotatable bonds is 8. The highest BCUT2D eigenvalue weighted by atomic mass is 35.5. The molecule has 0 bridgehead atoms. The van der Waals surface area contributed by atoms with Crippen LogP contribution < -0.4 is 10.6 Å². The van der Waals surface area contributed by atoms with Gasteiger partial charge in [-0.05, 0) is 38.3 Å². The maximum absolute atomic E-state index is 12.5. The number of hydrogen-bond acceptors (Lipinski definition) is 4. The van der Waals surface area contributed by atoms with Crippen LogP contribution >= 0.6 is 24.8 Å². The van der Waals surface area contributed by atoms with Gasteiger partial charge in [-0.15, -0.1) is 24.8 Å². The van der Waals surface area contributed by atoms with Crippen LogP contribution in [0.2, 0.25) is 0 Å². The number of hydrogen-bond donors (Lipinski definition) is 2. The van der Waals surface area contributed by atoms with Gasteiger partial charge in [0.1, 0.15) is 0 Å². The molecule has 1 unspecified atom stereocenters. The van der Waals surface area contributed by atoms with E-state index in [1.54, 1.807) is 4.90 Å². The number of nitrogens with one attached hydrogen (secondary N) is 2. The summed E-state index contributed by atoms with van der Waals surface area (Å²) in [6, 6.07) is 7.82. The van der Waals surface area contributed by atoms with E-state index in [4.69, 9.17) is 0 Å². The molecule has 8 heteroatoms. The normalized spacial score (nSPS) is 16.2. The molecule has 1 fully saturated rings. The third-order valence-electron chi connectivity index (χ3n) is 4.18. The minimum absolute atomic E-state index is 0. The van der Waals surface area contributed by atoms with E-state index in [9.17, 15) is 9.59 Å². The van der Waals surface area contributed by atoms with Crippen molar-refractivity contribution in [2.24, 2.45) is 5.92 Å². The van der Waals surface area contributed by atoms with Crippen molar-refractivity contribution in [3.05, 3.63) is 29.8 Å². The van der Waals surface area contributed by atoms with Crippen molar-refractivity contribution >= 4 is 42.3 Å². The second kappa shape index (κ2) is 12.1. The minimum Gasteiger partial charge on any atom is -0.341 e. The summed E-state index contributed by atoms with van der Waals surface area (Å²) in [7, 11) is 3.95. The monoisotopic (exact) mass is 404 g/mol. The molecule has 1 aliphatic heterocycles. The standard InChI is InChI=1S/C18H28N4O2.2ClH/c1-4-19-12-14-6-5-7-16(10-14)20-18(24)15-11-17(23)22(13-15)9-8-21(2)3;;/h5-7,10,15,19H,4,8-9,11-13H2,1-3H3,(H,20,24);2*1H. The maximum Gasteiger partial charge on any atom is 0.229 e. The van der Waals surface area contributed by atoms with Gasteiger partial charge in [-0.2, -0.15) is 0 Å². The van der Waals surface area contributed by atoms with Crippen molar-refractivity contribution in [2.45, 2.75) is 19.9 Å². The van der Waals surface area contributed by atoms with E-state index in [0.29, 0.717) is 19.5 Å². The maximum atomic E-state index is 12.5. The first kappa shape index (κ1) is 24.7. The van der Waals surface area contributed by atoms with Gasteiger partial charge in [0.2, 0.25) is 11.8 Å². The smallest absolute Gasteiger partial charge is 0.229 e. The van der Waals surface area contributed by atoms with Gasteiger partial charge in [0.25, 0.3) is 0 Å². The van der Waals surface area contributed by atoms with Gasteiger partial charge < -0.3 is 20.4 Å². The molecule has 0 radical (unpaired) electrons. The Morgan fingerprint density at radius 1 is 1.31 bits per heavy atom. The third-order valence-corrected chi connectivity index (χ3v) is 4.18. The first-order valence-electron chi connectivity index (χ1n) is 8.52. The largest absolute Gasteiger partial charge is 0.341 e. The predicted molar refractivity (Wildman–Crippen MR) is 110 cm³/mol. The van der Waals surface area contributed by atoms with Gasteiger partial charge in [0.05, 0.1) is 5.92 Å². The van der Waals surface area contributed by atoms with Crippen LogP contribution in [-0.4, -0.2) is 61.9 Å². The zero-order chi connectivity index (χ0) is 17.5. The topological polar surface area (TPSA) is 64.7 Å². The lowest BCUT2D eigenvalue weighted by Gasteiger charge is -2.19. The van der Waals surface area contributed by atoms with Gasteiger partial charge in [-0.1, -0.05) is 19.1 Å². The van der Waals surface area contributed by atoms with E-state index in [-0.39, 0.29) is 42.5 Å². The van der Waals surface area contributed by atoms with Gasteiger partial charge >= 0.3 is 0 Å². The molecular formula is C18H30Cl2N4O2. The van der Waals surface area contributed by atoms with E-state index in [0.717, 1.165) is 30.9 Å². The van der Waals surface area contributed by atoms with Crippen LogP contribution in [0.5, 0.6) is 0 Å². The van der Waals surface area contributed by atoms with Crippen LogP contribution in [0.4, 0.5) is 5.69 Å². The predicted octanol–water partition coefficient (Wildman–Crippen LogP) is 1.99. The highest BCUT2D eigenvalue weighted by Gasteiger charge is 2.34. The lowest BCUT2D eigenvalue weighted by molar-refractivity contribution is -0.128. The number of halogens is 2. The molecule has 0 spiro atoms. The Labute approximate surface area is 168 Å². The van der Waals surface area contributed by atoms with Crippen LogP contribution in [0, 0.1) is 5.92 Å². The molecule has 26 heavy (non-hydrogen) atoms. The van der Waals surface area contributed by atoms with Crippen LogP contribution in [0.25, 0.3) is 0 Å². The number of amides is 2. The molecule has 2 rings (SSSR count). The molecule has 1 atom stereocenters. The summed E-state index contributed by atoms with van der Waals surface area (Å²) >= 11 is 0. The van der Waals surface area contributed by atoms with Crippen LogP contribution in [-0.2, 0) is 16.1 Å². The molecule has 1 aliphatic rings. The Kier molecular flexibility index (Phi) is 11.5. The van der Waals surface area contributed by atoms with E-state index in [1.807, 2.05) is 43.3 Å². The number of likely N-dealkylation sites (tertiary alicyclic amines) is 1. The number of carbonyl (C=O) groups is 2. The molecule has 6 nitrogen and oxygen atoms in total. The number of anilines is 1. The summed E-state index contributed by atoms with van der Waals surface area (Å²) in [5, 5.41) is 6.22. The van der Waals surface area contributed by atoms with Crippen molar-refractivity contribution in [3.63, 3.8) is 0 Å². The zero-order valence-electron chi connectivity index (χ0n) is 15.7. The van der Waals surface area contributed by atoms with Gasteiger partial charge in [-0.25, -0.2) is 0 Å². The van der Waals surface area contributed by atoms with Crippen molar-refractivity contribution < 1.29 is 9.59 Å². The van der Waals surface area contributed by atoms with Crippen molar-refractivity contribution in [1.29, 1.82) is 0 Å². The lowest BCUT2D eigenvalue weighted by atomic mass is 10.1. The SMILES string of the molecule is CCNCc1cccc(NC(=O)C2CC(=O)N(CCN(C)C)C2)c1.Cl.Cl. The second-order valence-corrected chi connectivity index (χ2v) is 6.51. The summed E-state index contributed by atoms with van der Waals surface area (Å²) in [6.45, 7) is 5.74. The first-order valence-corrected chi connectivity index (χ1v) is 8.52. The Morgan fingerprint density at radius 3 is 2.69 bits per heavy atom. The molecule has 0 aromatic heterocycles. The average molecular weight is 405 g/mol.